The van der Waals surface area contributed by atoms with Crippen LogP contribution in [0.1, 0.15) is 55.5 Å². The van der Waals surface area contributed by atoms with Crippen molar-refractivity contribution in [1.29, 1.82) is 0 Å². The summed E-state index contributed by atoms with van der Waals surface area (Å²) in [7, 11) is -6.59. The molecule has 2 aromatic carbocycles. The largest absolute Gasteiger partial charge is 0.456 e. The lowest BCUT2D eigenvalue weighted by atomic mass is 9.79. The normalized spacial score (nSPS) is 22.3. The molecule has 3 aliphatic heterocycles. The third kappa shape index (κ3) is 6.76. The summed E-state index contributed by atoms with van der Waals surface area (Å²) in [5.41, 5.74) is -0.0538. The Morgan fingerprint density at radius 1 is 1.02 bits per heavy atom. The van der Waals surface area contributed by atoms with Crippen molar-refractivity contribution in [2.24, 2.45) is 11.8 Å². The molecule has 0 radical (unpaired) electrons. The first kappa shape index (κ1) is 34.5. The molecule has 0 N–H and O–H groups in total. The molecule has 0 bridgehead atoms. The molecule has 2 fully saturated rings. The molecule has 2 amide bonds. The lowest BCUT2D eigenvalue weighted by molar-refractivity contribution is -0.384. The standard InChI is InChI=1S/C33H41N3O9SSi/c1-21-28-27(22(2)45-47(3,4)5)32(38)35(28)29(33(39)44-20-23-14-16-24(17-15-23)36(40)41)30(21)46(42,43)26-13-9-8-12-25(26)31(37)34-18-10-6-7-11-19-34/h8-9,12-17,21-22,27-28H,6-7,10-11,18-20H2,1-5H3/t21?,22?,27?,28-/m1/s1. The van der Waals surface area contributed by atoms with Gasteiger partial charge in [-0.2, -0.15) is 0 Å². The van der Waals surface area contributed by atoms with Crippen molar-refractivity contribution in [1.82, 2.24) is 9.80 Å². The molecule has 2 saturated heterocycles. The molecule has 3 unspecified atom stereocenters. The molecule has 14 heteroatoms. The van der Waals surface area contributed by atoms with Crippen LogP contribution in [0.2, 0.25) is 19.6 Å². The fourth-order valence-corrected chi connectivity index (χ4v) is 10.1. The smallest absolute Gasteiger partial charge is 0.356 e. The zero-order chi connectivity index (χ0) is 34.3. The van der Waals surface area contributed by atoms with Crippen LogP contribution in [0.3, 0.4) is 0 Å². The number of hydrogen-bond acceptors (Lipinski definition) is 9. The van der Waals surface area contributed by atoms with E-state index in [-0.39, 0.29) is 33.4 Å². The summed E-state index contributed by atoms with van der Waals surface area (Å²) in [6.07, 6.45) is 3.11. The number of nitro benzene ring substituents is 1. The summed E-state index contributed by atoms with van der Waals surface area (Å²) in [6, 6.07) is 10.7. The molecule has 252 valence electrons. The topological polar surface area (TPSA) is 153 Å². The van der Waals surface area contributed by atoms with Gasteiger partial charge in [-0.15, -0.1) is 0 Å². The van der Waals surface area contributed by atoms with Gasteiger partial charge in [0.05, 0.1) is 38.4 Å². The van der Waals surface area contributed by atoms with Gasteiger partial charge in [0, 0.05) is 31.1 Å². The van der Waals surface area contributed by atoms with E-state index in [0.717, 1.165) is 25.7 Å². The van der Waals surface area contributed by atoms with Crippen molar-refractivity contribution in [2.75, 3.05) is 13.1 Å². The van der Waals surface area contributed by atoms with E-state index < -0.39 is 64.8 Å². The predicted molar refractivity (Wildman–Crippen MR) is 175 cm³/mol. The van der Waals surface area contributed by atoms with Gasteiger partial charge in [-0.1, -0.05) is 31.9 Å². The van der Waals surface area contributed by atoms with Crippen LogP contribution >= 0.6 is 0 Å². The molecule has 3 aliphatic rings. The highest BCUT2D eigenvalue weighted by molar-refractivity contribution is 7.95. The Balaban J connectivity index is 1.54. The monoisotopic (exact) mass is 683 g/mol. The fraction of sp³-hybridized carbons (Fsp3) is 0.485. The number of ether oxygens (including phenoxy) is 1. The molecule has 0 aliphatic carbocycles. The molecule has 5 rings (SSSR count). The van der Waals surface area contributed by atoms with Crippen LogP contribution in [-0.4, -0.2) is 74.5 Å². The van der Waals surface area contributed by atoms with E-state index in [1.807, 2.05) is 19.6 Å². The Labute approximate surface area is 275 Å². The SMILES string of the molecule is CC(O[Si](C)(C)C)C1C(=O)N2C(C(=O)OCc3ccc([N+](=O)[O-])cc3)=C(S(=O)(=O)c3ccccc3C(=O)N3CCCCCC3)C(C)[C@H]12. The molecule has 0 aromatic heterocycles. The van der Waals surface area contributed by atoms with Crippen LogP contribution < -0.4 is 0 Å². The van der Waals surface area contributed by atoms with Gasteiger partial charge in [-0.3, -0.25) is 19.7 Å². The van der Waals surface area contributed by atoms with Crippen molar-refractivity contribution in [3.63, 3.8) is 0 Å². The molecule has 47 heavy (non-hydrogen) atoms. The minimum Gasteiger partial charge on any atom is -0.456 e. The highest BCUT2D eigenvalue weighted by atomic mass is 32.2. The second kappa shape index (κ2) is 13.3. The Bertz CT molecular complexity index is 1710. The maximum atomic E-state index is 14.7. The highest BCUT2D eigenvalue weighted by Gasteiger charge is 2.63. The number of non-ortho nitro benzene ring substituents is 1. The Hall–Kier alpha value is -3.88. The lowest BCUT2D eigenvalue weighted by Gasteiger charge is -2.48. The van der Waals surface area contributed by atoms with Gasteiger partial charge in [0.1, 0.15) is 12.3 Å². The highest BCUT2D eigenvalue weighted by Crippen LogP contribution is 2.51. The van der Waals surface area contributed by atoms with Gasteiger partial charge < -0.3 is 19.0 Å². The van der Waals surface area contributed by atoms with E-state index in [1.54, 1.807) is 24.8 Å². The minimum atomic E-state index is -4.51. The number of rotatable bonds is 10. The Morgan fingerprint density at radius 2 is 1.64 bits per heavy atom. The average molecular weight is 684 g/mol. The van der Waals surface area contributed by atoms with Crippen LogP contribution in [0.15, 0.2) is 64.0 Å². The summed E-state index contributed by atoms with van der Waals surface area (Å²) in [5, 5.41) is 11.0. The van der Waals surface area contributed by atoms with Gasteiger partial charge in [0.2, 0.25) is 15.7 Å². The second-order valence-electron chi connectivity index (χ2n) is 13.4. The van der Waals surface area contributed by atoms with Crippen molar-refractivity contribution < 1.29 is 36.9 Å². The van der Waals surface area contributed by atoms with Crippen LogP contribution in [0.4, 0.5) is 5.69 Å². The van der Waals surface area contributed by atoms with Crippen LogP contribution in [-0.2, 0) is 35.2 Å². The third-order valence-electron chi connectivity index (χ3n) is 8.93. The van der Waals surface area contributed by atoms with Gasteiger partial charge in [-0.05, 0) is 69.2 Å². The molecule has 2 aromatic rings. The molecular weight excluding hydrogens is 643 g/mol. The van der Waals surface area contributed by atoms with E-state index in [0.29, 0.717) is 18.7 Å². The number of esters is 1. The fourth-order valence-electron chi connectivity index (χ4n) is 6.87. The van der Waals surface area contributed by atoms with Crippen molar-refractivity contribution >= 4 is 41.6 Å². The number of fused-ring (bicyclic) bond motifs is 1. The van der Waals surface area contributed by atoms with Gasteiger partial charge >= 0.3 is 5.97 Å². The van der Waals surface area contributed by atoms with E-state index in [4.69, 9.17) is 9.16 Å². The van der Waals surface area contributed by atoms with Gasteiger partial charge in [0.15, 0.2) is 8.32 Å². The number of amides is 2. The van der Waals surface area contributed by atoms with Gasteiger partial charge in [-0.25, -0.2) is 13.2 Å². The van der Waals surface area contributed by atoms with Crippen LogP contribution in [0, 0.1) is 22.0 Å². The predicted octanol–water partition coefficient (Wildman–Crippen LogP) is 5.06. The Kier molecular flexibility index (Phi) is 9.76. The summed E-state index contributed by atoms with van der Waals surface area (Å²) in [5.74, 6) is -3.34. The zero-order valence-electron chi connectivity index (χ0n) is 27.3. The number of nitrogens with zero attached hydrogens (tertiary/aromatic N) is 3. The summed E-state index contributed by atoms with van der Waals surface area (Å²) < 4.78 is 41.2. The van der Waals surface area contributed by atoms with Crippen LogP contribution in [0.25, 0.3) is 0 Å². The first-order valence-electron chi connectivity index (χ1n) is 15.9. The minimum absolute atomic E-state index is 0.0141. The number of likely N-dealkylation sites (tertiary alicyclic amines) is 1. The molecule has 4 atom stereocenters. The number of carbonyl (C=O) groups is 3. The number of benzene rings is 2. The number of carbonyl (C=O) groups excluding carboxylic acids is 3. The summed E-state index contributed by atoms with van der Waals surface area (Å²) >= 11 is 0. The Morgan fingerprint density at radius 3 is 2.23 bits per heavy atom. The molecule has 0 spiro atoms. The van der Waals surface area contributed by atoms with E-state index in [1.165, 1.54) is 47.4 Å². The average Bonchev–Trinajstić information content (AvgIpc) is 3.14. The number of sulfone groups is 1. The number of nitro groups is 1. The van der Waals surface area contributed by atoms with Crippen molar-refractivity contribution in [3.05, 3.63) is 80.4 Å². The van der Waals surface area contributed by atoms with E-state index in [2.05, 4.69) is 0 Å². The molecule has 3 heterocycles. The van der Waals surface area contributed by atoms with E-state index in [9.17, 15) is 32.9 Å². The number of β-lactam (4-membered cyclic amide) rings is 1. The van der Waals surface area contributed by atoms with Gasteiger partial charge in [0.25, 0.3) is 11.6 Å². The second-order valence-corrected chi connectivity index (χ2v) is 19.7. The molecule has 0 saturated carbocycles. The molecule has 12 nitrogen and oxygen atoms in total. The third-order valence-corrected chi connectivity index (χ3v) is 12.1. The van der Waals surface area contributed by atoms with Crippen molar-refractivity contribution in [2.45, 2.75) is 82.8 Å². The zero-order valence-corrected chi connectivity index (χ0v) is 29.1. The maximum Gasteiger partial charge on any atom is 0.356 e. The van der Waals surface area contributed by atoms with Crippen LogP contribution in [0.5, 0.6) is 0 Å². The molecular formula is C33H41N3O9SSi. The van der Waals surface area contributed by atoms with Crippen molar-refractivity contribution in [3.8, 4) is 0 Å². The number of hydrogen-bond donors (Lipinski definition) is 0. The van der Waals surface area contributed by atoms with E-state index >= 15 is 0 Å². The first-order valence-corrected chi connectivity index (χ1v) is 20.8. The summed E-state index contributed by atoms with van der Waals surface area (Å²) in [4.78, 5) is 54.2. The quantitative estimate of drug-likeness (QED) is 0.110. The summed E-state index contributed by atoms with van der Waals surface area (Å²) in [6.45, 7) is 10.2. The maximum absolute atomic E-state index is 14.7. The lowest BCUT2D eigenvalue weighted by Crippen LogP contribution is -2.64. The first-order chi connectivity index (χ1) is 22.1.